The predicted octanol–water partition coefficient (Wildman–Crippen LogP) is 3.35. The highest BCUT2D eigenvalue weighted by Crippen LogP contribution is 2.27. The van der Waals surface area contributed by atoms with Crippen molar-refractivity contribution in [1.82, 2.24) is 0 Å². The van der Waals surface area contributed by atoms with E-state index in [1.165, 1.54) is 12.1 Å². The maximum absolute atomic E-state index is 13.0. The third-order valence-electron chi connectivity index (χ3n) is 2.91. The van der Waals surface area contributed by atoms with Gasteiger partial charge in [0.05, 0.1) is 16.6 Å². The van der Waals surface area contributed by atoms with Gasteiger partial charge in [-0.15, -0.1) is 0 Å². The molecule has 0 aliphatic carbocycles. The van der Waals surface area contributed by atoms with Crippen LogP contribution >= 0.6 is 0 Å². The van der Waals surface area contributed by atoms with Gasteiger partial charge in [0.15, 0.2) is 0 Å². The molecule has 1 N–H and O–H groups in total. The highest BCUT2D eigenvalue weighted by Gasteiger charge is 2.22. The van der Waals surface area contributed by atoms with Crippen molar-refractivity contribution in [3.8, 4) is 0 Å². The third kappa shape index (κ3) is 4.48. The van der Waals surface area contributed by atoms with Crippen LogP contribution in [0, 0.1) is 15.9 Å². The van der Waals surface area contributed by atoms with Crippen molar-refractivity contribution in [1.29, 1.82) is 0 Å². The number of ether oxygens (including phenoxy) is 1. The molecule has 5 nitrogen and oxygen atoms in total. The number of nitro benzene ring substituents is 1. The summed E-state index contributed by atoms with van der Waals surface area (Å²) in [4.78, 5) is 10.3. The molecule has 0 heterocycles. The highest BCUT2D eigenvalue weighted by atomic mass is 19.1. The summed E-state index contributed by atoms with van der Waals surface area (Å²) in [6, 6.07) is 3.45. The molecular formula is C13H19FN2O3. The largest absolute Gasteiger partial charge is 0.379 e. The van der Waals surface area contributed by atoms with Crippen LogP contribution in [-0.4, -0.2) is 23.7 Å². The number of nitrogens with zero attached hydrogens (tertiary/aromatic N) is 1. The molecule has 1 rings (SSSR count). The van der Waals surface area contributed by atoms with Gasteiger partial charge < -0.3 is 10.1 Å². The van der Waals surface area contributed by atoms with E-state index in [9.17, 15) is 14.5 Å². The number of hydrogen-bond donors (Lipinski definition) is 1. The lowest BCUT2D eigenvalue weighted by Crippen LogP contribution is -2.31. The molecule has 1 atom stereocenters. The van der Waals surface area contributed by atoms with Crippen LogP contribution in [0.25, 0.3) is 0 Å². The number of anilines is 1. The average molecular weight is 270 g/mol. The summed E-state index contributed by atoms with van der Waals surface area (Å²) in [6.07, 6.45) is 0.665. The molecule has 19 heavy (non-hydrogen) atoms. The number of nitrogens with one attached hydrogen (secondary N) is 1. The minimum atomic E-state index is -0.623. The number of benzene rings is 1. The number of methoxy groups -OCH3 is 1. The molecule has 0 aliphatic rings. The fourth-order valence-electron chi connectivity index (χ4n) is 1.92. The van der Waals surface area contributed by atoms with E-state index in [0.717, 1.165) is 6.07 Å². The molecule has 0 saturated heterocycles. The van der Waals surface area contributed by atoms with Crippen LogP contribution in [0.3, 0.4) is 0 Å². The Kier molecular flexibility index (Phi) is 4.83. The van der Waals surface area contributed by atoms with E-state index in [-0.39, 0.29) is 17.3 Å². The van der Waals surface area contributed by atoms with Gasteiger partial charge >= 0.3 is 0 Å². The molecule has 0 aromatic heterocycles. The molecule has 0 spiro atoms. The second-order valence-corrected chi connectivity index (χ2v) is 5.13. The quantitative estimate of drug-likeness (QED) is 0.636. The summed E-state index contributed by atoms with van der Waals surface area (Å²) in [5, 5.41) is 13.9. The molecule has 0 fully saturated rings. The molecule has 0 saturated carbocycles. The zero-order valence-electron chi connectivity index (χ0n) is 11.6. The van der Waals surface area contributed by atoms with E-state index in [0.29, 0.717) is 12.1 Å². The van der Waals surface area contributed by atoms with Crippen LogP contribution in [0.15, 0.2) is 18.2 Å². The Bertz CT molecular complexity index is 463. The molecule has 0 bridgehead atoms. The van der Waals surface area contributed by atoms with Gasteiger partial charge in [0.25, 0.3) is 5.69 Å². The van der Waals surface area contributed by atoms with Crippen molar-refractivity contribution in [2.24, 2.45) is 0 Å². The van der Waals surface area contributed by atoms with Gasteiger partial charge in [0, 0.05) is 13.2 Å². The van der Waals surface area contributed by atoms with E-state index < -0.39 is 10.7 Å². The van der Waals surface area contributed by atoms with Crippen LogP contribution in [-0.2, 0) is 4.74 Å². The molecule has 1 aromatic rings. The molecule has 0 radical (unpaired) electrons. The van der Waals surface area contributed by atoms with Crippen molar-refractivity contribution in [2.75, 3.05) is 12.4 Å². The normalized spacial score (nSPS) is 13.1. The van der Waals surface area contributed by atoms with E-state index >= 15 is 0 Å². The SMILES string of the molecule is COC(C)(C)CC(C)Nc1ccc(F)cc1[N+](=O)[O-]. The van der Waals surface area contributed by atoms with Gasteiger partial charge in [-0.25, -0.2) is 4.39 Å². The fraction of sp³-hybridized carbons (Fsp3) is 0.538. The molecule has 0 aliphatic heterocycles. The Labute approximate surface area is 111 Å². The van der Waals surface area contributed by atoms with Crippen LogP contribution < -0.4 is 5.32 Å². The number of rotatable bonds is 6. The third-order valence-corrected chi connectivity index (χ3v) is 2.91. The molecule has 1 aromatic carbocycles. The standard InChI is InChI=1S/C13H19FN2O3/c1-9(8-13(2,3)19-4)15-11-6-5-10(14)7-12(11)16(17)18/h5-7,9,15H,8H2,1-4H3. The van der Waals surface area contributed by atoms with Crippen molar-refractivity contribution in [2.45, 2.75) is 38.8 Å². The maximum atomic E-state index is 13.0. The molecular weight excluding hydrogens is 251 g/mol. The number of nitro groups is 1. The number of hydrogen-bond acceptors (Lipinski definition) is 4. The lowest BCUT2D eigenvalue weighted by molar-refractivity contribution is -0.384. The van der Waals surface area contributed by atoms with Crippen molar-refractivity contribution in [3.63, 3.8) is 0 Å². The summed E-state index contributed by atoms with van der Waals surface area (Å²) in [5.41, 5.74) is -0.283. The minimum absolute atomic E-state index is 0.0425. The number of halogens is 1. The van der Waals surface area contributed by atoms with Crippen LogP contribution in [0.1, 0.15) is 27.2 Å². The smallest absolute Gasteiger partial charge is 0.295 e. The predicted molar refractivity (Wildman–Crippen MR) is 71.8 cm³/mol. The lowest BCUT2D eigenvalue weighted by atomic mass is 9.99. The lowest BCUT2D eigenvalue weighted by Gasteiger charge is -2.27. The first-order valence-electron chi connectivity index (χ1n) is 6.01. The first kappa shape index (κ1) is 15.4. The van der Waals surface area contributed by atoms with Crippen LogP contribution in [0.4, 0.5) is 15.8 Å². The van der Waals surface area contributed by atoms with E-state index in [4.69, 9.17) is 4.74 Å². The second kappa shape index (κ2) is 5.97. The van der Waals surface area contributed by atoms with Gasteiger partial charge in [0.1, 0.15) is 11.5 Å². The molecule has 1 unspecified atom stereocenters. The topological polar surface area (TPSA) is 64.4 Å². The second-order valence-electron chi connectivity index (χ2n) is 5.13. The van der Waals surface area contributed by atoms with Crippen LogP contribution in [0.2, 0.25) is 0 Å². The van der Waals surface area contributed by atoms with Gasteiger partial charge in [-0.1, -0.05) is 0 Å². The van der Waals surface area contributed by atoms with Crippen LogP contribution in [0.5, 0.6) is 0 Å². The van der Waals surface area contributed by atoms with Gasteiger partial charge in [-0.2, -0.15) is 0 Å². The Hall–Kier alpha value is -1.69. The monoisotopic (exact) mass is 270 g/mol. The Morgan fingerprint density at radius 3 is 2.68 bits per heavy atom. The van der Waals surface area contributed by atoms with E-state index in [2.05, 4.69) is 5.32 Å². The molecule has 6 heteroatoms. The van der Waals surface area contributed by atoms with Gasteiger partial charge in [-0.05, 0) is 39.3 Å². The average Bonchev–Trinajstić information content (AvgIpc) is 2.30. The summed E-state index contributed by atoms with van der Waals surface area (Å²) in [6.45, 7) is 5.77. The summed E-state index contributed by atoms with van der Waals surface area (Å²) < 4.78 is 18.3. The van der Waals surface area contributed by atoms with Gasteiger partial charge in [0.2, 0.25) is 0 Å². The minimum Gasteiger partial charge on any atom is -0.379 e. The molecule has 106 valence electrons. The summed E-state index contributed by atoms with van der Waals surface area (Å²) in [5.74, 6) is -0.623. The van der Waals surface area contributed by atoms with Gasteiger partial charge in [-0.3, -0.25) is 10.1 Å². The Morgan fingerprint density at radius 2 is 2.16 bits per heavy atom. The summed E-state index contributed by atoms with van der Waals surface area (Å²) >= 11 is 0. The zero-order valence-corrected chi connectivity index (χ0v) is 11.6. The fourth-order valence-corrected chi connectivity index (χ4v) is 1.92. The van der Waals surface area contributed by atoms with Crippen molar-refractivity contribution >= 4 is 11.4 Å². The summed E-state index contributed by atoms with van der Waals surface area (Å²) in [7, 11) is 1.62. The van der Waals surface area contributed by atoms with E-state index in [1.54, 1.807) is 7.11 Å². The van der Waals surface area contributed by atoms with Crippen molar-refractivity contribution in [3.05, 3.63) is 34.1 Å². The zero-order chi connectivity index (χ0) is 14.6. The highest BCUT2D eigenvalue weighted by molar-refractivity contribution is 5.61. The van der Waals surface area contributed by atoms with E-state index in [1.807, 2.05) is 20.8 Å². The maximum Gasteiger partial charge on any atom is 0.295 e. The first-order valence-corrected chi connectivity index (χ1v) is 6.01. The Morgan fingerprint density at radius 1 is 1.53 bits per heavy atom. The Balaban J connectivity index is 2.85. The van der Waals surface area contributed by atoms with Crippen molar-refractivity contribution < 1.29 is 14.1 Å². The first-order chi connectivity index (χ1) is 8.75. The molecule has 0 amide bonds.